The molecule has 0 spiro atoms. The maximum Gasteiger partial charge on any atom is 0.307 e. The highest BCUT2D eigenvalue weighted by Gasteiger charge is 2.15. The predicted octanol–water partition coefficient (Wildman–Crippen LogP) is 3.47. The maximum atomic E-state index is 11.0. The Balaban J connectivity index is 2.76. The highest BCUT2D eigenvalue weighted by molar-refractivity contribution is 5.90. The lowest BCUT2D eigenvalue weighted by atomic mass is 10.0. The Labute approximate surface area is 107 Å². The quantitative estimate of drug-likeness (QED) is 0.899. The van der Waals surface area contributed by atoms with Crippen LogP contribution in [0.25, 0.3) is 10.9 Å². The van der Waals surface area contributed by atoms with E-state index in [1.807, 2.05) is 13.1 Å². The second-order valence-corrected chi connectivity index (χ2v) is 5.20. The van der Waals surface area contributed by atoms with Crippen LogP contribution in [0.3, 0.4) is 0 Å². The van der Waals surface area contributed by atoms with E-state index in [1.165, 1.54) is 5.56 Å². The molecule has 2 aromatic rings. The third kappa shape index (κ3) is 2.13. The smallest absolute Gasteiger partial charge is 0.307 e. The number of aliphatic carboxylic acids is 1. The molecule has 0 aliphatic carbocycles. The molecule has 0 aliphatic heterocycles. The fourth-order valence-corrected chi connectivity index (χ4v) is 2.59. The maximum absolute atomic E-state index is 11.0. The number of carboxylic acids is 1. The van der Waals surface area contributed by atoms with Crippen molar-refractivity contribution in [2.75, 3.05) is 0 Å². The van der Waals surface area contributed by atoms with Gasteiger partial charge in [0.05, 0.1) is 6.42 Å². The molecular formula is C15H19NO2. The van der Waals surface area contributed by atoms with Crippen LogP contribution >= 0.6 is 0 Å². The lowest BCUT2D eigenvalue weighted by Gasteiger charge is -2.10. The summed E-state index contributed by atoms with van der Waals surface area (Å²) < 4.78 is 2.16. The average molecular weight is 245 g/mol. The van der Waals surface area contributed by atoms with Gasteiger partial charge in [-0.3, -0.25) is 4.79 Å². The van der Waals surface area contributed by atoms with Gasteiger partial charge in [0.25, 0.3) is 0 Å². The van der Waals surface area contributed by atoms with Crippen LogP contribution < -0.4 is 0 Å². The Morgan fingerprint density at radius 2 is 2.00 bits per heavy atom. The van der Waals surface area contributed by atoms with Crippen LogP contribution in [0.2, 0.25) is 0 Å². The Hall–Kier alpha value is -1.77. The summed E-state index contributed by atoms with van der Waals surface area (Å²) in [6.07, 6.45) is 2.07. The molecule has 0 amide bonds. The van der Waals surface area contributed by atoms with Crippen molar-refractivity contribution in [3.8, 4) is 0 Å². The first-order chi connectivity index (χ1) is 8.40. The average Bonchev–Trinajstić information content (AvgIpc) is 2.55. The summed E-state index contributed by atoms with van der Waals surface area (Å²) >= 11 is 0. The van der Waals surface area contributed by atoms with Crippen molar-refractivity contribution in [2.24, 2.45) is 0 Å². The van der Waals surface area contributed by atoms with E-state index in [4.69, 9.17) is 5.11 Å². The Morgan fingerprint density at radius 3 is 2.56 bits per heavy atom. The molecule has 0 atom stereocenters. The normalized spacial score (nSPS) is 11.4. The minimum Gasteiger partial charge on any atom is -0.481 e. The molecule has 0 fully saturated rings. The number of carbonyl (C=O) groups is 1. The van der Waals surface area contributed by atoms with Crippen molar-refractivity contribution in [1.29, 1.82) is 0 Å². The van der Waals surface area contributed by atoms with Gasteiger partial charge in [-0.2, -0.15) is 0 Å². The van der Waals surface area contributed by atoms with E-state index in [0.29, 0.717) is 6.04 Å². The van der Waals surface area contributed by atoms with E-state index in [-0.39, 0.29) is 6.42 Å². The zero-order chi connectivity index (χ0) is 13.4. The summed E-state index contributed by atoms with van der Waals surface area (Å²) in [6.45, 7) is 8.34. The third-order valence-corrected chi connectivity index (χ3v) is 3.25. The second kappa shape index (κ2) is 4.48. The number of hydrogen-bond donors (Lipinski definition) is 1. The first kappa shape index (κ1) is 12.7. The Morgan fingerprint density at radius 1 is 1.33 bits per heavy atom. The zero-order valence-corrected chi connectivity index (χ0v) is 11.3. The molecule has 1 N–H and O–H groups in total. The van der Waals surface area contributed by atoms with Crippen molar-refractivity contribution in [2.45, 2.75) is 40.2 Å². The van der Waals surface area contributed by atoms with Crippen molar-refractivity contribution >= 4 is 16.9 Å². The van der Waals surface area contributed by atoms with Gasteiger partial charge in [0, 0.05) is 23.1 Å². The molecule has 3 heteroatoms. The van der Waals surface area contributed by atoms with Crippen LogP contribution in [0.1, 0.15) is 36.6 Å². The van der Waals surface area contributed by atoms with Gasteiger partial charge in [-0.15, -0.1) is 0 Å². The van der Waals surface area contributed by atoms with Crippen LogP contribution in [-0.4, -0.2) is 15.6 Å². The van der Waals surface area contributed by atoms with E-state index in [2.05, 4.69) is 37.5 Å². The largest absolute Gasteiger partial charge is 0.481 e. The van der Waals surface area contributed by atoms with Gasteiger partial charge in [-0.05, 0) is 50.5 Å². The van der Waals surface area contributed by atoms with Gasteiger partial charge in [-0.1, -0.05) is 6.07 Å². The Bertz CT molecular complexity index is 608. The van der Waals surface area contributed by atoms with Crippen LogP contribution in [0, 0.1) is 13.8 Å². The highest BCUT2D eigenvalue weighted by atomic mass is 16.4. The first-order valence-corrected chi connectivity index (χ1v) is 6.22. The van der Waals surface area contributed by atoms with Crippen LogP contribution in [0.5, 0.6) is 0 Å². The van der Waals surface area contributed by atoms with E-state index < -0.39 is 5.97 Å². The van der Waals surface area contributed by atoms with Crippen LogP contribution in [0.4, 0.5) is 0 Å². The molecule has 96 valence electrons. The summed E-state index contributed by atoms with van der Waals surface area (Å²) in [5, 5.41) is 10.1. The molecule has 18 heavy (non-hydrogen) atoms. The lowest BCUT2D eigenvalue weighted by molar-refractivity contribution is -0.136. The van der Waals surface area contributed by atoms with Crippen molar-refractivity contribution in [3.63, 3.8) is 0 Å². The van der Waals surface area contributed by atoms with E-state index in [0.717, 1.165) is 22.0 Å². The number of aromatic nitrogens is 1. The molecule has 0 aliphatic rings. The summed E-state index contributed by atoms with van der Waals surface area (Å²) in [5.41, 5.74) is 4.41. The molecular weight excluding hydrogens is 226 g/mol. The Kier molecular flexibility index (Phi) is 3.16. The number of nitrogens with zero attached hydrogens (tertiary/aromatic N) is 1. The molecule has 2 rings (SSSR count). The fraction of sp³-hybridized carbons (Fsp3) is 0.400. The number of rotatable bonds is 3. The van der Waals surface area contributed by atoms with E-state index in [1.54, 1.807) is 0 Å². The molecule has 0 unspecified atom stereocenters. The van der Waals surface area contributed by atoms with Crippen molar-refractivity contribution in [1.82, 2.24) is 4.57 Å². The van der Waals surface area contributed by atoms with Gasteiger partial charge in [-0.25, -0.2) is 0 Å². The number of benzene rings is 1. The highest BCUT2D eigenvalue weighted by Crippen LogP contribution is 2.29. The van der Waals surface area contributed by atoms with Crippen LogP contribution in [-0.2, 0) is 11.2 Å². The summed E-state index contributed by atoms with van der Waals surface area (Å²) in [6, 6.07) is 4.57. The van der Waals surface area contributed by atoms with E-state index in [9.17, 15) is 4.79 Å². The minimum absolute atomic E-state index is 0.0835. The summed E-state index contributed by atoms with van der Waals surface area (Å²) in [5.74, 6) is -0.780. The first-order valence-electron chi connectivity index (χ1n) is 6.22. The van der Waals surface area contributed by atoms with Gasteiger partial charge < -0.3 is 9.67 Å². The molecule has 0 bridgehead atoms. The molecule has 0 saturated heterocycles. The molecule has 1 heterocycles. The number of hydrogen-bond acceptors (Lipinski definition) is 1. The van der Waals surface area contributed by atoms with Crippen molar-refractivity contribution in [3.05, 3.63) is 35.0 Å². The van der Waals surface area contributed by atoms with E-state index >= 15 is 0 Å². The monoisotopic (exact) mass is 245 g/mol. The molecule has 3 nitrogen and oxygen atoms in total. The predicted molar refractivity (Wildman–Crippen MR) is 73.1 cm³/mol. The molecule has 0 radical (unpaired) electrons. The summed E-state index contributed by atoms with van der Waals surface area (Å²) in [7, 11) is 0. The van der Waals surface area contributed by atoms with Gasteiger partial charge in [0.1, 0.15) is 0 Å². The third-order valence-electron chi connectivity index (χ3n) is 3.25. The minimum atomic E-state index is -0.780. The standard InChI is InChI=1S/C15H19NO2/c1-9(2)16-8-12(7-14(17)18)15-11(4)5-10(3)6-13(15)16/h5-6,8-9H,7H2,1-4H3,(H,17,18). The molecule has 1 aromatic heterocycles. The van der Waals surface area contributed by atoms with Gasteiger partial charge in [0.2, 0.25) is 0 Å². The SMILES string of the molecule is Cc1cc(C)c2c(CC(=O)O)cn(C(C)C)c2c1. The number of carboxylic acid groups (broad SMARTS) is 1. The van der Waals surface area contributed by atoms with Gasteiger partial charge in [0.15, 0.2) is 0 Å². The lowest BCUT2D eigenvalue weighted by Crippen LogP contribution is -2.00. The van der Waals surface area contributed by atoms with Gasteiger partial charge >= 0.3 is 5.97 Å². The number of aryl methyl sites for hydroxylation is 2. The summed E-state index contributed by atoms with van der Waals surface area (Å²) in [4.78, 5) is 11.0. The second-order valence-electron chi connectivity index (χ2n) is 5.20. The topological polar surface area (TPSA) is 42.2 Å². The molecule has 1 aromatic carbocycles. The zero-order valence-electron chi connectivity index (χ0n) is 11.3. The number of fused-ring (bicyclic) bond motifs is 1. The fourth-order valence-electron chi connectivity index (χ4n) is 2.59. The van der Waals surface area contributed by atoms with Crippen LogP contribution in [0.15, 0.2) is 18.3 Å². The molecule has 0 saturated carbocycles. The van der Waals surface area contributed by atoms with Crippen molar-refractivity contribution < 1.29 is 9.90 Å².